The van der Waals surface area contributed by atoms with Crippen molar-refractivity contribution >= 4 is 33.5 Å². The van der Waals surface area contributed by atoms with Crippen molar-refractivity contribution in [1.82, 2.24) is 14.9 Å². The molecule has 0 saturated carbocycles. The number of furan rings is 1. The van der Waals surface area contributed by atoms with Gasteiger partial charge in [0.05, 0.1) is 23.1 Å². The van der Waals surface area contributed by atoms with Crippen molar-refractivity contribution in [3.05, 3.63) is 235 Å². The molecule has 0 fully saturated rings. The summed E-state index contributed by atoms with van der Waals surface area (Å²) in [6, 6.07) is 74.0. The zero-order valence-electron chi connectivity index (χ0n) is 34.1. The van der Waals surface area contributed by atoms with E-state index in [4.69, 9.17) is 19.4 Å². The molecule has 10 aromatic rings. The molecule has 62 heavy (non-hydrogen) atoms. The smallest absolute Gasteiger partial charge is 0.160 e. The first-order valence-electron chi connectivity index (χ1n) is 20.9. The Morgan fingerprint density at radius 3 is 1.48 bits per heavy atom. The Balaban J connectivity index is 0.956. The summed E-state index contributed by atoms with van der Waals surface area (Å²) in [5.74, 6) is 1.64. The molecule has 1 unspecified atom stereocenters. The summed E-state index contributed by atoms with van der Waals surface area (Å²) in [7, 11) is 2.13. The van der Waals surface area contributed by atoms with E-state index in [-0.39, 0.29) is 6.04 Å². The van der Waals surface area contributed by atoms with Crippen LogP contribution < -0.4 is 0 Å². The Bertz CT molecular complexity index is 3240. The third-order valence-electron chi connectivity index (χ3n) is 11.7. The van der Waals surface area contributed by atoms with Gasteiger partial charge in [0.2, 0.25) is 0 Å². The maximum Gasteiger partial charge on any atom is 0.160 e. The second-order valence-corrected chi connectivity index (χ2v) is 15.7. The Kier molecular flexibility index (Phi) is 9.40. The van der Waals surface area contributed by atoms with E-state index >= 15 is 0 Å². The van der Waals surface area contributed by atoms with Crippen LogP contribution in [-0.2, 0) is 0 Å². The zero-order valence-corrected chi connectivity index (χ0v) is 34.1. The molecule has 0 saturated heterocycles. The predicted molar refractivity (Wildman–Crippen MR) is 254 cm³/mol. The van der Waals surface area contributed by atoms with Crippen LogP contribution in [0.15, 0.2) is 228 Å². The molecule has 5 nitrogen and oxygen atoms in total. The van der Waals surface area contributed by atoms with E-state index in [1.807, 2.05) is 42.5 Å². The van der Waals surface area contributed by atoms with Gasteiger partial charge in [0, 0.05) is 45.6 Å². The van der Waals surface area contributed by atoms with Gasteiger partial charge in [-0.1, -0.05) is 170 Å². The first-order chi connectivity index (χ1) is 30.6. The van der Waals surface area contributed by atoms with E-state index in [0.717, 1.165) is 94.9 Å². The molecule has 0 aliphatic carbocycles. The van der Waals surface area contributed by atoms with Gasteiger partial charge >= 0.3 is 0 Å². The van der Waals surface area contributed by atoms with Crippen LogP contribution in [0.25, 0.3) is 83.8 Å². The molecular weight excluding hydrogens is 757 g/mol. The van der Waals surface area contributed by atoms with Crippen molar-refractivity contribution in [2.45, 2.75) is 6.04 Å². The van der Waals surface area contributed by atoms with Crippen LogP contribution in [0.3, 0.4) is 0 Å². The Morgan fingerprint density at radius 2 is 0.871 bits per heavy atom. The van der Waals surface area contributed by atoms with Crippen LogP contribution in [0.4, 0.5) is 0 Å². The normalized spacial score (nSPS) is 13.9. The molecule has 1 atom stereocenters. The fourth-order valence-electron chi connectivity index (χ4n) is 8.53. The molecule has 1 aliphatic heterocycles. The van der Waals surface area contributed by atoms with Gasteiger partial charge in [-0.15, -0.1) is 0 Å². The summed E-state index contributed by atoms with van der Waals surface area (Å²) >= 11 is 0. The average Bonchev–Trinajstić information content (AvgIpc) is 3.72. The van der Waals surface area contributed by atoms with Gasteiger partial charge in [-0.05, 0) is 76.4 Å². The van der Waals surface area contributed by atoms with Gasteiger partial charge < -0.3 is 9.32 Å². The van der Waals surface area contributed by atoms with Crippen molar-refractivity contribution in [2.75, 3.05) is 7.05 Å². The van der Waals surface area contributed by atoms with Crippen LogP contribution >= 0.6 is 0 Å². The molecule has 8 aromatic carbocycles. The van der Waals surface area contributed by atoms with E-state index < -0.39 is 0 Å². The first kappa shape index (κ1) is 36.9. The standard InChI is InChI=1S/C57H40N4O/c1-61-53(39-18-8-3-9-19-39)37-52(60-57(61)41-22-12-5-13-23-41)47-27-15-25-43(33-47)45-29-31-55-49(35-45)48-34-44(28-30-54(48)62-55)42-24-14-26-46(32-42)51-36-50(38-16-6-2-7-17-38)58-56(59-51)40-20-10-4-11-21-40/h2-37,53H,1H3. The van der Waals surface area contributed by atoms with E-state index in [9.17, 15) is 0 Å². The van der Waals surface area contributed by atoms with E-state index in [1.54, 1.807) is 0 Å². The van der Waals surface area contributed by atoms with Crippen molar-refractivity contribution in [3.8, 4) is 56.2 Å². The topological polar surface area (TPSA) is 54.5 Å². The molecule has 0 N–H and O–H groups in total. The average molecular weight is 797 g/mol. The molecule has 0 bridgehead atoms. The van der Waals surface area contributed by atoms with Gasteiger partial charge in [0.15, 0.2) is 5.82 Å². The van der Waals surface area contributed by atoms with Crippen LogP contribution in [0, 0.1) is 0 Å². The number of aromatic nitrogens is 2. The van der Waals surface area contributed by atoms with Gasteiger partial charge in [-0.2, -0.15) is 0 Å². The number of likely N-dealkylation sites (N-methyl/N-ethyl adjacent to an activating group) is 1. The van der Waals surface area contributed by atoms with Gasteiger partial charge in [-0.3, -0.25) is 0 Å². The quantitative estimate of drug-likeness (QED) is 0.154. The summed E-state index contributed by atoms with van der Waals surface area (Å²) in [5, 5.41) is 2.14. The fraction of sp³-hybridized carbons (Fsp3) is 0.0351. The van der Waals surface area contributed by atoms with Crippen molar-refractivity contribution in [3.63, 3.8) is 0 Å². The lowest BCUT2D eigenvalue weighted by Gasteiger charge is -2.33. The fourth-order valence-corrected chi connectivity index (χ4v) is 8.53. The zero-order chi connectivity index (χ0) is 41.4. The number of fused-ring (bicyclic) bond motifs is 3. The van der Waals surface area contributed by atoms with E-state index in [2.05, 4.69) is 188 Å². The van der Waals surface area contributed by atoms with E-state index in [0.29, 0.717) is 5.82 Å². The molecular formula is C57H40N4O. The molecule has 294 valence electrons. The number of benzene rings is 8. The molecule has 0 spiro atoms. The highest BCUT2D eigenvalue weighted by atomic mass is 16.3. The number of amidine groups is 1. The largest absolute Gasteiger partial charge is 0.456 e. The second kappa shape index (κ2) is 15.8. The molecule has 5 heteroatoms. The number of aliphatic imine (C=N–C) groups is 1. The molecule has 0 radical (unpaired) electrons. The third-order valence-corrected chi connectivity index (χ3v) is 11.7. The lowest BCUT2D eigenvalue weighted by Crippen LogP contribution is -2.33. The maximum atomic E-state index is 6.43. The Labute approximate surface area is 360 Å². The minimum Gasteiger partial charge on any atom is -0.456 e. The lowest BCUT2D eigenvalue weighted by molar-refractivity contribution is 0.435. The second-order valence-electron chi connectivity index (χ2n) is 15.7. The van der Waals surface area contributed by atoms with Gasteiger partial charge in [0.25, 0.3) is 0 Å². The van der Waals surface area contributed by atoms with Crippen LogP contribution in [-0.4, -0.2) is 27.8 Å². The van der Waals surface area contributed by atoms with Crippen molar-refractivity contribution in [2.24, 2.45) is 4.99 Å². The highest BCUT2D eigenvalue weighted by Crippen LogP contribution is 2.38. The van der Waals surface area contributed by atoms with Crippen molar-refractivity contribution < 1.29 is 4.42 Å². The third kappa shape index (κ3) is 7.06. The first-order valence-corrected chi connectivity index (χ1v) is 20.9. The molecule has 3 heterocycles. The minimum atomic E-state index is 0.0329. The van der Waals surface area contributed by atoms with Crippen LogP contribution in [0.1, 0.15) is 22.7 Å². The van der Waals surface area contributed by atoms with Crippen molar-refractivity contribution in [1.29, 1.82) is 0 Å². The van der Waals surface area contributed by atoms with E-state index in [1.165, 1.54) is 5.56 Å². The Morgan fingerprint density at radius 1 is 0.403 bits per heavy atom. The number of nitrogens with zero attached hydrogens (tertiary/aromatic N) is 4. The molecule has 1 aliphatic rings. The predicted octanol–water partition coefficient (Wildman–Crippen LogP) is 14.2. The SMILES string of the molecule is CN1C(c2ccccc2)=NC(c2cccc(-c3ccc4oc5ccc(-c6cccc(-c7cc(-c8ccccc8)nc(-c8ccccc8)n7)c6)cc5c4c3)c2)=CC1c1ccccc1. The number of hydrogen-bond acceptors (Lipinski definition) is 5. The summed E-state index contributed by atoms with van der Waals surface area (Å²) in [6.45, 7) is 0. The Hall–Kier alpha value is -8.15. The summed E-state index contributed by atoms with van der Waals surface area (Å²) < 4.78 is 6.43. The van der Waals surface area contributed by atoms with Crippen LogP contribution in [0.5, 0.6) is 0 Å². The highest BCUT2D eigenvalue weighted by molar-refractivity contribution is 6.08. The van der Waals surface area contributed by atoms with Crippen LogP contribution in [0.2, 0.25) is 0 Å². The van der Waals surface area contributed by atoms with Gasteiger partial charge in [-0.25, -0.2) is 15.0 Å². The lowest BCUT2D eigenvalue weighted by atomic mass is 9.96. The molecule has 11 rings (SSSR count). The van der Waals surface area contributed by atoms with Gasteiger partial charge in [0.1, 0.15) is 17.0 Å². The summed E-state index contributed by atoms with van der Waals surface area (Å²) in [5.41, 5.74) is 15.3. The minimum absolute atomic E-state index is 0.0329. The molecule has 0 amide bonds. The number of hydrogen-bond donors (Lipinski definition) is 0. The molecule has 2 aromatic heterocycles. The summed E-state index contributed by atoms with van der Waals surface area (Å²) in [6.07, 6.45) is 2.28. The summed E-state index contributed by atoms with van der Waals surface area (Å²) in [4.78, 5) is 17.6. The monoisotopic (exact) mass is 796 g/mol. The number of rotatable bonds is 8. The highest BCUT2D eigenvalue weighted by Gasteiger charge is 2.25. The maximum absolute atomic E-state index is 6.43.